The van der Waals surface area contributed by atoms with E-state index in [1.165, 1.54) is 19.3 Å². The van der Waals surface area contributed by atoms with Crippen molar-refractivity contribution in [3.63, 3.8) is 0 Å². The van der Waals surface area contributed by atoms with E-state index in [0.29, 0.717) is 18.9 Å². The Labute approximate surface area is 126 Å². The highest BCUT2D eigenvalue weighted by molar-refractivity contribution is 7.98. The number of hydrogen-bond donors (Lipinski definition) is 3. The van der Waals surface area contributed by atoms with Gasteiger partial charge in [0.15, 0.2) is 0 Å². The van der Waals surface area contributed by atoms with E-state index in [0.717, 1.165) is 18.6 Å². The van der Waals surface area contributed by atoms with Crippen molar-refractivity contribution in [2.75, 3.05) is 18.6 Å². The van der Waals surface area contributed by atoms with E-state index in [1.54, 1.807) is 11.8 Å². The van der Waals surface area contributed by atoms with Gasteiger partial charge in [-0.3, -0.25) is 4.79 Å². The lowest BCUT2D eigenvalue weighted by molar-refractivity contribution is -0.123. The minimum Gasteiger partial charge on any atom is -0.391 e. The summed E-state index contributed by atoms with van der Waals surface area (Å²) in [7, 11) is 0. The molecule has 1 fully saturated rings. The van der Waals surface area contributed by atoms with Gasteiger partial charge in [0, 0.05) is 6.54 Å². The molecule has 1 rings (SSSR count). The second-order valence-electron chi connectivity index (χ2n) is 5.10. The number of halogens is 1. The van der Waals surface area contributed by atoms with Crippen molar-refractivity contribution in [3.8, 4) is 0 Å². The monoisotopic (exact) mass is 310 g/mol. The van der Waals surface area contributed by atoms with Crippen molar-refractivity contribution in [2.24, 2.45) is 11.7 Å². The second-order valence-corrected chi connectivity index (χ2v) is 6.08. The van der Waals surface area contributed by atoms with Gasteiger partial charge < -0.3 is 16.2 Å². The van der Waals surface area contributed by atoms with E-state index in [9.17, 15) is 9.90 Å². The Bertz CT molecular complexity index is 251. The Hall–Kier alpha value is 0.0300. The number of amides is 1. The number of nitrogens with one attached hydrogen (secondary N) is 1. The van der Waals surface area contributed by atoms with Crippen LogP contribution in [0.4, 0.5) is 0 Å². The summed E-state index contributed by atoms with van der Waals surface area (Å²) in [6.45, 7) is 0.344. The van der Waals surface area contributed by atoms with Crippen LogP contribution in [-0.2, 0) is 4.79 Å². The minimum atomic E-state index is -0.448. The van der Waals surface area contributed by atoms with Crippen LogP contribution in [-0.4, -0.2) is 41.7 Å². The SMILES string of the molecule is CSCC[C@H](N)C(=O)NCC(O)C1CCCCC1.Cl. The van der Waals surface area contributed by atoms with Crippen LogP contribution in [0.5, 0.6) is 0 Å². The fraction of sp³-hybridized carbons (Fsp3) is 0.923. The zero-order chi connectivity index (χ0) is 13.4. The maximum Gasteiger partial charge on any atom is 0.237 e. The van der Waals surface area contributed by atoms with E-state index in [4.69, 9.17) is 5.73 Å². The van der Waals surface area contributed by atoms with Crippen LogP contribution >= 0.6 is 24.2 Å². The maximum absolute atomic E-state index is 11.7. The fourth-order valence-electron chi connectivity index (χ4n) is 2.40. The van der Waals surface area contributed by atoms with Crippen molar-refractivity contribution < 1.29 is 9.90 Å². The molecule has 1 aliphatic carbocycles. The van der Waals surface area contributed by atoms with Gasteiger partial charge in [-0.05, 0) is 37.2 Å². The van der Waals surface area contributed by atoms with E-state index in [-0.39, 0.29) is 18.3 Å². The van der Waals surface area contributed by atoms with Crippen LogP contribution in [0.1, 0.15) is 38.5 Å². The molecule has 1 amide bonds. The second kappa shape index (κ2) is 10.8. The summed E-state index contributed by atoms with van der Waals surface area (Å²) >= 11 is 1.69. The zero-order valence-electron chi connectivity index (χ0n) is 11.6. The number of aliphatic hydroxyl groups is 1. The Morgan fingerprint density at radius 1 is 1.42 bits per heavy atom. The van der Waals surface area contributed by atoms with Crippen molar-refractivity contribution in [1.29, 1.82) is 0 Å². The fourth-order valence-corrected chi connectivity index (χ4v) is 2.89. The van der Waals surface area contributed by atoms with Gasteiger partial charge >= 0.3 is 0 Å². The molecule has 0 bridgehead atoms. The van der Waals surface area contributed by atoms with E-state index in [2.05, 4.69) is 5.32 Å². The lowest BCUT2D eigenvalue weighted by Gasteiger charge is -2.27. The molecule has 114 valence electrons. The summed E-state index contributed by atoms with van der Waals surface area (Å²) in [4.78, 5) is 11.7. The summed E-state index contributed by atoms with van der Waals surface area (Å²) in [5, 5.41) is 12.8. The molecule has 19 heavy (non-hydrogen) atoms. The summed E-state index contributed by atoms with van der Waals surface area (Å²) in [5.74, 6) is 1.10. The molecular weight excluding hydrogens is 284 g/mol. The third kappa shape index (κ3) is 7.40. The number of nitrogens with two attached hydrogens (primary N) is 1. The largest absolute Gasteiger partial charge is 0.391 e. The quantitative estimate of drug-likeness (QED) is 0.667. The van der Waals surface area contributed by atoms with Crippen molar-refractivity contribution >= 4 is 30.1 Å². The predicted molar refractivity (Wildman–Crippen MR) is 83.8 cm³/mol. The van der Waals surface area contributed by atoms with Gasteiger partial charge in [0.25, 0.3) is 0 Å². The molecule has 6 heteroatoms. The molecule has 2 atom stereocenters. The van der Waals surface area contributed by atoms with Crippen LogP contribution in [0.25, 0.3) is 0 Å². The van der Waals surface area contributed by atoms with E-state index in [1.807, 2.05) is 6.26 Å². The van der Waals surface area contributed by atoms with Gasteiger partial charge in [-0.25, -0.2) is 0 Å². The van der Waals surface area contributed by atoms with Crippen LogP contribution in [0.3, 0.4) is 0 Å². The van der Waals surface area contributed by atoms with Crippen LogP contribution < -0.4 is 11.1 Å². The van der Waals surface area contributed by atoms with Gasteiger partial charge in [0.1, 0.15) is 0 Å². The smallest absolute Gasteiger partial charge is 0.237 e. The molecule has 0 aromatic heterocycles. The summed E-state index contributed by atoms with van der Waals surface area (Å²) in [5.41, 5.74) is 5.76. The van der Waals surface area contributed by atoms with E-state index >= 15 is 0 Å². The summed E-state index contributed by atoms with van der Waals surface area (Å²) in [6, 6.07) is -0.448. The molecule has 0 aromatic rings. The molecule has 0 spiro atoms. The number of aliphatic hydroxyl groups excluding tert-OH is 1. The van der Waals surface area contributed by atoms with Crippen LogP contribution in [0.2, 0.25) is 0 Å². The molecule has 4 nitrogen and oxygen atoms in total. The first-order chi connectivity index (χ1) is 8.65. The number of rotatable bonds is 7. The number of carbonyl (C=O) groups is 1. The highest BCUT2D eigenvalue weighted by atomic mass is 35.5. The first-order valence-corrected chi connectivity index (χ1v) is 8.24. The lowest BCUT2D eigenvalue weighted by atomic mass is 9.85. The summed E-state index contributed by atoms with van der Waals surface area (Å²) < 4.78 is 0. The Morgan fingerprint density at radius 3 is 2.63 bits per heavy atom. The molecule has 4 N–H and O–H groups in total. The standard InChI is InChI=1S/C13H26N2O2S.ClH/c1-18-8-7-11(14)13(17)15-9-12(16)10-5-3-2-4-6-10;/h10-12,16H,2-9,14H2,1H3,(H,15,17);1H/t11-,12?;/m0./s1. The Morgan fingerprint density at radius 2 is 2.05 bits per heavy atom. The maximum atomic E-state index is 11.7. The molecule has 0 heterocycles. The topological polar surface area (TPSA) is 75.4 Å². The molecule has 1 unspecified atom stereocenters. The highest BCUT2D eigenvalue weighted by Gasteiger charge is 2.22. The normalized spacial score (nSPS) is 19.3. The Kier molecular flexibility index (Phi) is 10.8. The number of carbonyl (C=O) groups excluding carboxylic acids is 1. The highest BCUT2D eigenvalue weighted by Crippen LogP contribution is 2.26. The van der Waals surface area contributed by atoms with Crippen LogP contribution in [0.15, 0.2) is 0 Å². The first-order valence-electron chi connectivity index (χ1n) is 6.85. The number of hydrogen-bond acceptors (Lipinski definition) is 4. The molecule has 1 aliphatic rings. The van der Waals surface area contributed by atoms with Crippen molar-refractivity contribution in [2.45, 2.75) is 50.7 Å². The Balaban J connectivity index is 0.00000324. The molecule has 0 saturated heterocycles. The first kappa shape index (κ1) is 19.0. The summed E-state index contributed by atoms with van der Waals surface area (Å²) in [6.07, 6.45) is 8.10. The average Bonchev–Trinajstić information content (AvgIpc) is 2.42. The van der Waals surface area contributed by atoms with Gasteiger partial charge in [-0.15, -0.1) is 12.4 Å². The average molecular weight is 311 g/mol. The van der Waals surface area contributed by atoms with E-state index < -0.39 is 12.1 Å². The molecule has 0 aromatic carbocycles. The third-order valence-corrected chi connectivity index (χ3v) is 4.29. The predicted octanol–water partition coefficient (Wildman–Crippen LogP) is 1.55. The minimum absolute atomic E-state index is 0. The molecular formula is C13H27ClN2O2S. The molecule has 0 aliphatic heterocycles. The lowest BCUT2D eigenvalue weighted by Crippen LogP contribution is -2.45. The molecule has 1 saturated carbocycles. The van der Waals surface area contributed by atoms with Gasteiger partial charge in [-0.1, -0.05) is 19.3 Å². The van der Waals surface area contributed by atoms with Crippen LogP contribution in [0, 0.1) is 5.92 Å². The zero-order valence-corrected chi connectivity index (χ0v) is 13.3. The third-order valence-electron chi connectivity index (χ3n) is 3.65. The van der Waals surface area contributed by atoms with Gasteiger partial charge in [0.2, 0.25) is 5.91 Å². The van der Waals surface area contributed by atoms with Crippen molar-refractivity contribution in [3.05, 3.63) is 0 Å². The molecule has 0 radical (unpaired) electrons. The van der Waals surface area contributed by atoms with Gasteiger partial charge in [0.05, 0.1) is 12.1 Å². The number of thioether (sulfide) groups is 1. The van der Waals surface area contributed by atoms with Gasteiger partial charge in [-0.2, -0.15) is 11.8 Å². The van der Waals surface area contributed by atoms with Crippen molar-refractivity contribution in [1.82, 2.24) is 5.32 Å².